The van der Waals surface area contributed by atoms with Gasteiger partial charge in [-0.2, -0.15) is 0 Å². The first kappa shape index (κ1) is 22.1. The molecule has 1 aromatic heterocycles. The Morgan fingerprint density at radius 1 is 1.13 bits per heavy atom. The van der Waals surface area contributed by atoms with Crippen LogP contribution in [0.2, 0.25) is 0 Å². The summed E-state index contributed by atoms with van der Waals surface area (Å²) in [5, 5.41) is 8.31. The van der Waals surface area contributed by atoms with Gasteiger partial charge in [0.25, 0.3) is 17.9 Å². The van der Waals surface area contributed by atoms with E-state index in [1.807, 2.05) is 35.2 Å². The quantitative estimate of drug-likeness (QED) is 0.626. The lowest BCUT2D eigenvalue weighted by atomic mass is 9.97. The molecular weight excluding hydrogens is 396 g/mol. The molecule has 0 spiro atoms. The number of aromatic nitrogens is 1. The van der Waals surface area contributed by atoms with Gasteiger partial charge in [0, 0.05) is 24.8 Å². The zero-order chi connectivity index (χ0) is 22.4. The third kappa shape index (κ3) is 4.94. The molecule has 3 aromatic rings. The first-order valence-corrected chi connectivity index (χ1v) is 10.2. The van der Waals surface area contributed by atoms with E-state index >= 15 is 0 Å². The summed E-state index contributed by atoms with van der Waals surface area (Å²) in [7, 11) is 0. The number of aryl methyl sites for hydroxylation is 1. The average molecular weight is 422 g/mol. The van der Waals surface area contributed by atoms with Gasteiger partial charge in [0.1, 0.15) is 5.75 Å². The van der Waals surface area contributed by atoms with Gasteiger partial charge in [-0.25, -0.2) is 0 Å². The molecule has 0 radical (unpaired) electrons. The molecule has 31 heavy (non-hydrogen) atoms. The van der Waals surface area contributed by atoms with Crippen LogP contribution in [0.5, 0.6) is 5.75 Å². The Bertz CT molecular complexity index is 1130. The fourth-order valence-corrected chi connectivity index (χ4v) is 3.86. The molecule has 0 aliphatic carbocycles. The van der Waals surface area contributed by atoms with Crippen molar-refractivity contribution in [2.45, 2.75) is 32.8 Å². The number of rotatable bonds is 4. The second-order valence-corrected chi connectivity index (χ2v) is 7.45. The Hall–Kier alpha value is -3.61. The van der Waals surface area contributed by atoms with E-state index in [4.69, 9.17) is 14.6 Å². The standard InChI is InChI=1S/C23H24N2O3.CH2O2/c1-15-7-3-4-8-18(15)21-14-24-22(26)20-13-17(9-10-19(20)21)28-16(2)23(27)25-11-5-6-12-25;2-1-3/h3-4,7-10,13-14,16H,5-6,11-12H2,1-2H3,(H,24,26);1H,(H,2,3). The van der Waals surface area contributed by atoms with E-state index in [2.05, 4.69) is 18.0 Å². The molecule has 162 valence electrons. The molecule has 0 saturated carbocycles. The summed E-state index contributed by atoms with van der Waals surface area (Å²) < 4.78 is 5.88. The van der Waals surface area contributed by atoms with Crippen molar-refractivity contribution >= 4 is 23.2 Å². The molecule has 7 heteroatoms. The number of carbonyl (C=O) groups is 2. The smallest absolute Gasteiger partial charge is 0.290 e. The minimum atomic E-state index is -0.575. The number of ether oxygens (including phenoxy) is 1. The molecular formula is C24H26N2O5. The highest BCUT2D eigenvalue weighted by Gasteiger charge is 2.24. The van der Waals surface area contributed by atoms with Crippen LogP contribution in [0.1, 0.15) is 25.3 Å². The molecule has 1 atom stereocenters. The first-order chi connectivity index (χ1) is 15.0. The van der Waals surface area contributed by atoms with Crippen LogP contribution < -0.4 is 10.3 Å². The van der Waals surface area contributed by atoms with Crippen LogP contribution in [0.4, 0.5) is 0 Å². The highest BCUT2D eigenvalue weighted by Crippen LogP contribution is 2.30. The second kappa shape index (κ2) is 9.93. The van der Waals surface area contributed by atoms with Crippen molar-refractivity contribution in [2.24, 2.45) is 0 Å². The average Bonchev–Trinajstić information content (AvgIpc) is 3.30. The minimum Gasteiger partial charge on any atom is -0.483 e. The molecule has 2 heterocycles. The molecule has 2 N–H and O–H groups in total. The van der Waals surface area contributed by atoms with Crippen molar-refractivity contribution in [2.75, 3.05) is 13.1 Å². The minimum absolute atomic E-state index is 0.000155. The lowest BCUT2D eigenvalue weighted by Crippen LogP contribution is -2.38. The lowest BCUT2D eigenvalue weighted by Gasteiger charge is -2.21. The Morgan fingerprint density at radius 2 is 1.81 bits per heavy atom. The van der Waals surface area contributed by atoms with E-state index in [1.54, 1.807) is 19.2 Å². The molecule has 1 saturated heterocycles. The Kier molecular flexibility index (Phi) is 7.07. The fraction of sp³-hybridized carbons (Fsp3) is 0.292. The number of pyridine rings is 1. The number of hydrogen-bond donors (Lipinski definition) is 2. The van der Waals surface area contributed by atoms with Crippen molar-refractivity contribution in [1.82, 2.24) is 9.88 Å². The predicted octanol–water partition coefficient (Wildman–Crippen LogP) is 3.59. The van der Waals surface area contributed by atoms with Crippen molar-refractivity contribution in [3.8, 4) is 16.9 Å². The predicted molar refractivity (Wildman–Crippen MR) is 119 cm³/mol. The van der Waals surface area contributed by atoms with E-state index in [9.17, 15) is 9.59 Å². The molecule has 1 aliphatic heterocycles. The summed E-state index contributed by atoms with van der Waals surface area (Å²) in [6.07, 6.45) is 3.28. The maximum Gasteiger partial charge on any atom is 0.290 e. The molecule has 2 aromatic carbocycles. The van der Waals surface area contributed by atoms with E-state index in [0.29, 0.717) is 11.1 Å². The van der Waals surface area contributed by atoms with Gasteiger partial charge in [0.15, 0.2) is 6.10 Å². The van der Waals surface area contributed by atoms with Crippen LogP contribution in [0, 0.1) is 6.92 Å². The fourth-order valence-electron chi connectivity index (χ4n) is 3.86. The topological polar surface area (TPSA) is 99.7 Å². The third-order valence-corrected chi connectivity index (χ3v) is 5.39. The van der Waals surface area contributed by atoms with Crippen LogP contribution in [-0.4, -0.2) is 46.6 Å². The number of hydrogen-bond acceptors (Lipinski definition) is 4. The molecule has 7 nitrogen and oxygen atoms in total. The number of aromatic amines is 1. The van der Waals surface area contributed by atoms with Crippen LogP contribution in [0.25, 0.3) is 21.9 Å². The van der Waals surface area contributed by atoms with Gasteiger partial charge in [-0.3, -0.25) is 14.4 Å². The Labute approximate surface area is 180 Å². The summed E-state index contributed by atoms with van der Waals surface area (Å²) in [6.45, 7) is 5.15. The molecule has 1 amide bonds. The number of nitrogens with one attached hydrogen (secondary N) is 1. The Morgan fingerprint density at radius 3 is 2.48 bits per heavy atom. The van der Waals surface area contributed by atoms with E-state index in [1.165, 1.54) is 0 Å². The maximum atomic E-state index is 12.5. The zero-order valence-corrected chi connectivity index (χ0v) is 17.6. The van der Waals surface area contributed by atoms with Gasteiger partial charge >= 0.3 is 0 Å². The third-order valence-electron chi connectivity index (χ3n) is 5.39. The number of amides is 1. The first-order valence-electron chi connectivity index (χ1n) is 10.2. The van der Waals surface area contributed by atoms with Crippen molar-refractivity contribution in [1.29, 1.82) is 0 Å². The van der Waals surface area contributed by atoms with Crippen molar-refractivity contribution < 1.29 is 19.4 Å². The highest BCUT2D eigenvalue weighted by atomic mass is 16.5. The monoisotopic (exact) mass is 422 g/mol. The number of benzene rings is 2. The summed E-state index contributed by atoms with van der Waals surface area (Å²) >= 11 is 0. The highest BCUT2D eigenvalue weighted by molar-refractivity contribution is 5.97. The number of carboxylic acid groups (broad SMARTS) is 1. The number of carbonyl (C=O) groups excluding carboxylic acids is 1. The van der Waals surface area contributed by atoms with Crippen LogP contribution >= 0.6 is 0 Å². The summed E-state index contributed by atoms with van der Waals surface area (Å²) in [5.74, 6) is 0.528. The Balaban J connectivity index is 0.000000858. The summed E-state index contributed by atoms with van der Waals surface area (Å²) in [6, 6.07) is 13.5. The number of likely N-dealkylation sites (tertiary alicyclic amines) is 1. The number of H-pyrrole nitrogens is 1. The van der Waals surface area contributed by atoms with E-state index in [0.717, 1.165) is 48.0 Å². The number of nitrogens with zero attached hydrogens (tertiary/aromatic N) is 1. The van der Waals surface area contributed by atoms with Crippen LogP contribution in [0.3, 0.4) is 0 Å². The molecule has 1 unspecified atom stereocenters. The van der Waals surface area contributed by atoms with Crippen LogP contribution in [-0.2, 0) is 9.59 Å². The van der Waals surface area contributed by atoms with Gasteiger partial charge in [0.2, 0.25) is 0 Å². The van der Waals surface area contributed by atoms with Gasteiger partial charge < -0.3 is 19.7 Å². The SMILES string of the molecule is Cc1ccccc1-c1c[nH]c(=O)c2cc(OC(C)C(=O)N3CCCC3)ccc12.O=CO. The van der Waals surface area contributed by atoms with Gasteiger partial charge in [-0.1, -0.05) is 24.3 Å². The van der Waals surface area contributed by atoms with E-state index < -0.39 is 6.10 Å². The van der Waals surface area contributed by atoms with Gasteiger partial charge in [0.05, 0.1) is 5.39 Å². The van der Waals surface area contributed by atoms with Gasteiger partial charge in [-0.05, 0) is 61.4 Å². The molecule has 4 rings (SSSR count). The summed E-state index contributed by atoms with van der Waals surface area (Å²) in [5.41, 5.74) is 3.02. The molecule has 1 aliphatic rings. The van der Waals surface area contributed by atoms with Crippen molar-refractivity contribution in [3.63, 3.8) is 0 Å². The second-order valence-electron chi connectivity index (χ2n) is 7.45. The molecule has 1 fully saturated rings. The van der Waals surface area contributed by atoms with Crippen molar-refractivity contribution in [3.05, 3.63) is 64.6 Å². The lowest BCUT2D eigenvalue weighted by molar-refractivity contribution is -0.136. The van der Waals surface area contributed by atoms with Crippen LogP contribution in [0.15, 0.2) is 53.5 Å². The zero-order valence-electron chi connectivity index (χ0n) is 17.6. The largest absolute Gasteiger partial charge is 0.483 e. The van der Waals surface area contributed by atoms with E-state index in [-0.39, 0.29) is 17.9 Å². The maximum absolute atomic E-state index is 12.5. The normalized spacial score (nSPS) is 13.9. The van der Waals surface area contributed by atoms with Gasteiger partial charge in [-0.15, -0.1) is 0 Å². The number of fused-ring (bicyclic) bond motifs is 1. The summed E-state index contributed by atoms with van der Waals surface area (Å²) in [4.78, 5) is 38.0. The molecule has 0 bridgehead atoms.